The highest BCUT2D eigenvalue weighted by atomic mass is 16.5. The molecular weight excluding hydrogens is 444 g/mol. The fourth-order valence-corrected chi connectivity index (χ4v) is 4.51. The van der Waals surface area contributed by atoms with Crippen LogP contribution in [-0.2, 0) is 4.74 Å². The van der Waals surface area contributed by atoms with E-state index in [1.807, 2.05) is 36.4 Å². The first kappa shape index (κ1) is 22.6. The van der Waals surface area contributed by atoms with Gasteiger partial charge in [0.1, 0.15) is 0 Å². The number of rotatable bonds is 4. The standard InChI is InChI=1S/C27H26N4O4/c1-30(2)26(33)17-5-3-16(4-6-17)19-13-21-20-8-7-18(27(34)31-9-11-35-12-10-31)15-23(20)29-24(21)22(14-19)25(28)32/h3-8,13-15,29H,9-12H2,1-2H3,(H2,28,32). The maximum atomic E-state index is 12.9. The second-order valence-corrected chi connectivity index (χ2v) is 8.88. The van der Waals surface area contributed by atoms with Crippen molar-refractivity contribution in [2.24, 2.45) is 5.73 Å². The molecule has 3 amide bonds. The average Bonchev–Trinajstić information content (AvgIpc) is 3.25. The summed E-state index contributed by atoms with van der Waals surface area (Å²) < 4.78 is 5.35. The van der Waals surface area contributed by atoms with Gasteiger partial charge in [-0.15, -0.1) is 0 Å². The third kappa shape index (κ3) is 4.13. The molecule has 8 heteroatoms. The Morgan fingerprint density at radius 1 is 0.886 bits per heavy atom. The molecule has 3 aromatic carbocycles. The molecule has 0 unspecified atom stereocenters. The van der Waals surface area contributed by atoms with E-state index in [1.165, 1.54) is 4.90 Å². The number of fused-ring (bicyclic) bond motifs is 3. The molecule has 35 heavy (non-hydrogen) atoms. The molecule has 1 aliphatic rings. The third-order valence-corrected chi connectivity index (χ3v) is 6.39. The Labute approximate surface area is 202 Å². The zero-order valence-corrected chi connectivity index (χ0v) is 19.6. The highest BCUT2D eigenvalue weighted by Gasteiger charge is 2.20. The maximum absolute atomic E-state index is 12.9. The van der Waals surface area contributed by atoms with Gasteiger partial charge in [0.25, 0.3) is 17.7 Å². The van der Waals surface area contributed by atoms with E-state index < -0.39 is 5.91 Å². The van der Waals surface area contributed by atoms with Crippen molar-refractivity contribution in [2.45, 2.75) is 0 Å². The molecule has 8 nitrogen and oxygen atoms in total. The van der Waals surface area contributed by atoms with Gasteiger partial charge in [0.05, 0.1) is 24.3 Å². The first-order chi connectivity index (χ1) is 16.8. The largest absolute Gasteiger partial charge is 0.378 e. The summed E-state index contributed by atoms with van der Waals surface area (Å²) >= 11 is 0. The second-order valence-electron chi connectivity index (χ2n) is 8.88. The first-order valence-corrected chi connectivity index (χ1v) is 11.4. The van der Waals surface area contributed by atoms with Gasteiger partial charge in [-0.1, -0.05) is 18.2 Å². The fraction of sp³-hybridized carbons (Fsp3) is 0.222. The van der Waals surface area contributed by atoms with Gasteiger partial charge in [0, 0.05) is 54.6 Å². The van der Waals surface area contributed by atoms with Gasteiger partial charge >= 0.3 is 0 Å². The Balaban J connectivity index is 1.58. The Morgan fingerprint density at radius 2 is 1.57 bits per heavy atom. The number of aromatic nitrogens is 1. The molecule has 0 bridgehead atoms. The molecule has 0 aliphatic carbocycles. The maximum Gasteiger partial charge on any atom is 0.254 e. The van der Waals surface area contributed by atoms with Gasteiger partial charge in [0.2, 0.25) is 0 Å². The Morgan fingerprint density at radius 3 is 2.23 bits per heavy atom. The molecule has 178 valence electrons. The van der Waals surface area contributed by atoms with Gasteiger partial charge in [-0.05, 0) is 47.5 Å². The van der Waals surface area contributed by atoms with E-state index in [2.05, 4.69) is 4.98 Å². The van der Waals surface area contributed by atoms with Crippen molar-refractivity contribution in [2.75, 3.05) is 40.4 Å². The third-order valence-electron chi connectivity index (χ3n) is 6.39. The zero-order valence-electron chi connectivity index (χ0n) is 19.6. The smallest absolute Gasteiger partial charge is 0.254 e. The first-order valence-electron chi connectivity index (χ1n) is 11.4. The number of aromatic amines is 1. The summed E-state index contributed by atoms with van der Waals surface area (Å²) in [6, 6.07) is 16.5. The van der Waals surface area contributed by atoms with Crippen LogP contribution in [0.25, 0.3) is 32.9 Å². The lowest BCUT2D eigenvalue weighted by atomic mass is 9.97. The minimum atomic E-state index is -0.549. The topological polar surface area (TPSA) is 109 Å². The van der Waals surface area contributed by atoms with Crippen molar-refractivity contribution < 1.29 is 19.1 Å². The van der Waals surface area contributed by atoms with Crippen LogP contribution in [0, 0.1) is 0 Å². The molecule has 0 spiro atoms. The number of carbonyl (C=O) groups excluding carboxylic acids is 3. The summed E-state index contributed by atoms with van der Waals surface area (Å²) in [5.41, 5.74) is 10.3. The average molecular weight is 471 g/mol. The molecule has 0 saturated carbocycles. The van der Waals surface area contributed by atoms with E-state index in [1.54, 1.807) is 37.2 Å². The van der Waals surface area contributed by atoms with Gasteiger partial charge in [-0.25, -0.2) is 0 Å². The number of nitrogens with two attached hydrogens (primary N) is 1. The van der Waals surface area contributed by atoms with Crippen molar-refractivity contribution in [3.63, 3.8) is 0 Å². The van der Waals surface area contributed by atoms with Crippen LogP contribution in [0.3, 0.4) is 0 Å². The molecule has 1 aromatic heterocycles. The van der Waals surface area contributed by atoms with Gasteiger partial charge < -0.3 is 25.3 Å². The van der Waals surface area contributed by atoms with E-state index in [4.69, 9.17) is 10.5 Å². The summed E-state index contributed by atoms with van der Waals surface area (Å²) in [4.78, 5) is 44.1. The van der Waals surface area contributed by atoms with Crippen LogP contribution in [-0.4, -0.2) is 72.9 Å². The number of carbonyl (C=O) groups is 3. The van der Waals surface area contributed by atoms with E-state index >= 15 is 0 Å². The monoisotopic (exact) mass is 470 g/mol. The molecule has 3 N–H and O–H groups in total. The molecule has 1 aliphatic heterocycles. The summed E-state index contributed by atoms with van der Waals surface area (Å²) in [6.07, 6.45) is 0. The molecule has 2 heterocycles. The highest BCUT2D eigenvalue weighted by molar-refractivity contribution is 6.17. The Bertz CT molecular complexity index is 1460. The number of primary amides is 1. The number of nitrogens with one attached hydrogen (secondary N) is 1. The van der Waals surface area contributed by atoms with Crippen molar-refractivity contribution >= 4 is 39.5 Å². The number of hydrogen-bond donors (Lipinski definition) is 2. The Hall–Kier alpha value is -4.17. The van der Waals surface area contributed by atoms with Crippen molar-refractivity contribution in [3.8, 4) is 11.1 Å². The summed E-state index contributed by atoms with van der Waals surface area (Å²) in [6.45, 7) is 2.21. The van der Waals surface area contributed by atoms with Crippen LogP contribution in [0.4, 0.5) is 0 Å². The van der Waals surface area contributed by atoms with Crippen LogP contribution in [0.5, 0.6) is 0 Å². The molecule has 0 atom stereocenters. The van der Waals surface area contributed by atoms with Crippen LogP contribution < -0.4 is 5.73 Å². The summed E-state index contributed by atoms with van der Waals surface area (Å²) in [5.74, 6) is -0.673. The number of morpholine rings is 1. The number of ether oxygens (including phenoxy) is 1. The molecule has 1 fully saturated rings. The predicted octanol–water partition coefficient (Wildman–Crippen LogP) is 3.26. The van der Waals surface area contributed by atoms with Crippen molar-refractivity contribution in [1.29, 1.82) is 0 Å². The van der Waals surface area contributed by atoms with Crippen LogP contribution >= 0.6 is 0 Å². The number of benzene rings is 3. The summed E-state index contributed by atoms with van der Waals surface area (Å²) in [7, 11) is 3.42. The highest BCUT2D eigenvalue weighted by Crippen LogP contribution is 2.33. The minimum absolute atomic E-state index is 0.0444. The molecule has 5 rings (SSSR count). The predicted molar refractivity (Wildman–Crippen MR) is 134 cm³/mol. The fourth-order valence-electron chi connectivity index (χ4n) is 4.51. The molecule has 4 aromatic rings. The van der Waals surface area contributed by atoms with Crippen molar-refractivity contribution in [1.82, 2.24) is 14.8 Å². The number of nitrogens with zero attached hydrogens (tertiary/aromatic N) is 2. The lowest BCUT2D eigenvalue weighted by molar-refractivity contribution is 0.0303. The number of H-pyrrole nitrogens is 1. The van der Waals surface area contributed by atoms with Gasteiger partial charge in [-0.2, -0.15) is 0 Å². The lowest BCUT2D eigenvalue weighted by Crippen LogP contribution is -2.40. The van der Waals surface area contributed by atoms with Crippen molar-refractivity contribution in [3.05, 3.63) is 71.3 Å². The lowest BCUT2D eigenvalue weighted by Gasteiger charge is -2.26. The van der Waals surface area contributed by atoms with Crippen LogP contribution in [0.1, 0.15) is 31.1 Å². The minimum Gasteiger partial charge on any atom is -0.378 e. The molecule has 1 saturated heterocycles. The summed E-state index contributed by atoms with van der Waals surface area (Å²) in [5, 5.41) is 1.73. The van der Waals surface area contributed by atoms with Crippen LogP contribution in [0.15, 0.2) is 54.6 Å². The van der Waals surface area contributed by atoms with E-state index in [0.717, 1.165) is 27.4 Å². The van der Waals surface area contributed by atoms with E-state index in [9.17, 15) is 14.4 Å². The molecule has 0 radical (unpaired) electrons. The van der Waals surface area contributed by atoms with Gasteiger partial charge in [0.15, 0.2) is 0 Å². The van der Waals surface area contributed by atoms with Crippen LogP contribution in [0.2, 0.25) is 0 Å². The Kier molecular flexibility index (Phi) is 5.74. The number of amides is 3. The zero-order chi connectivity index (χ0) is 24.7. The van der Waals surface area contributed by atoms with Gasteiger partial charge in [-0.3, -0.25) is 14.4 Å². The quantitative estimate of drug-likeness (QED) is 0.477. The van der Waals surface area contributed by atoms with E-state index in [-0.39, 0.29) is 11.8 Å². The second kappa shape index (κ2) is 8.88. The SMILES string of the molecule is CN(C)C(=O)c1ccc(-c2cc(C(N)=O)c3[nH]c4cc(C(=O)N5CCOCC5)ccc4c3c2)cc1. The number of hydrogen-bond acceptors (Lipinski definition) is 4. The normalized spacial score (nSPS) is 13.8. The molecular formula is C27H26N4O4. The van der Waals surface area contributed by atoms with E-state index in [0.29, 0.717) is 48.5 Å².